The van der Waals surface area contributed by atoms with E-state index in [1.54, 1.807) is 6.33 Å². The van der Waals surface area contributed by atoms with Crippen LogP contribution < -0.4 is 0 Å². The first kappa shape index (κ1) is 6.85. The molecule has 1 aliphatic rings. The van der Waals surface area contributed by atoms with Gasteiger partial charge in [-0.3, -0.25) is 0 Å². The number of aromatic amines is 1. The molecule has 60 valence electrons. The van der Waals surface area contributed by atoms with Crippen LogP contribution in [0.4, 0.5) is 0 Å². The van der Waals surface area contributed by atoms with Crippen LogP contribution in [-0.4, -0.2) is 16.6 Å². The summed E-state index contributed by atoms with van der Waals surface area (Å²) in [5.41, 5.74) is 2.36. The number of ether oxygens (including phenoxy) is 1. The second-order valence-electron chi connectivity index (χ2n) is 3.61. The minimum atomic E-state index is 0.0770. The highest BCUT2D eigenvalue weighted by molar-refractivity contribution is 5.22. The summed E-state index contributed by atoms with van der Waals surface area (Å²) in [4.78, 5) is 7.35. The summed E-state index contributed by atoms with van der Waals surface area (Å²) in [6, 6.07) is 0. The summed E-state index contributed by atoms with van der Waals surface area (Å²) >= 11 is 0. The molecule has 0 radical (unpaired) electrons. The number of hydrogen-bond acceptors (Lipinski definition) is 2. The summed E-state index contributed by atoms with van der Waals surface area (Å²) in [5, 5.41) is 0. The molecule has 3 nitrogen and oxygen atoms in total. The normalized spacial score (nSPS) is 21.3. The van der Waals surface area contributed by atoms with E-state index in [9.17, 15) is 0 Å². The minimum absolute atomic E-state index is 0.0770. The van der Waals surface area contributed by atoms with Gasteiger partial charge in [0.1, 0.15) is 0 Å². The Kier molecular flexibility index (Phi) is 1.29. The van der Waals surface area contributed by atoms with Crippen LogP contribution in [0.5, 0.6) is 0 Å². The van der Waals surface area contributed by atoms with Crippen molar-refractivity contribution in [3.05, 3.63) is 17.7 Å². The summed E-state index contributed by atoms with van der Waals surface area (Å²) in [7, 11) is 0. The Balaban J connectivity index is 2.48. The van der Waals surface area contributed by atoms with Gasteiger partial charge >= 0.3 is 0 Å². The van der Waals surface area contributed by atoms with Gasteiger partial charge in [-0.1, -0.05) is 13.8 Å². The van der Waals surface area contributed by atoms with Gasteiger partial charge in [-0.05, 0) is 0 Å². The number of nitrogens with zero attached hydrogens (tertiary/aromatic N) is 1. The third-order valence-electron chi connectivity index (χ3n) is 2.07. The van der Waals surface area contributed by atoms with Gasteiger partial charge in [0, 0.05) is 5.41 Å². The van der Waals surface area contributed by atoms with E-state index in [0.29, 0.717) is 6.61 Å². The first-order valence-electron chi connectivity index (χ1n) is 3.80. The summed E-state index contributed by atoms with van der Waals surface area (Å²) in [6.45, 7) is 5.74. The SMILES string of the molecule is CC1(C)COCc2[nH]cnc21. The molecule has 0 amide bonds. The van der Waals surface area contributed by atoms with Gasteiger partial charge in [-0.2, -0.15) is 0 Å². The Labute approximate surface area is 65.8 Å². The first-order chi connectivity index (χ1) is 5.20. The lowest BCUT2D eigenvalue weighted by Crippen LogP contribution is -2.30. The molecule has 3 heteroatoms. The third kappa shape index (κ3) is 0.959. The minimum Gasteiger partial charge on any atom is -0.374 e. The highest BCUT2D eigenvalue weighted by atomic mass is 16.5. The lowest BCUT2D eigenvalue weighted by atomic mass is 9.88. The van der Waals surface area contributed by atoms with Crippen molar-refractivity contribution < 1.29 is 4.74 Å². The molecular weight excluding hydrogens is 140 g/mol. The Bertz CT molecular complexity index is 265. The maximum Gasteiger partial charge on any atom is 0.0926 e. The molecule has 0 saturated heterocycles. The van der Waals surface area contributed by atoms with E-state index in [1.807, 2.05) is 0 Å². The van der Waals surface area contributed by atoms with Crippen LogP contribution in [0.25, 0.3) is 0 Å². The first-order valence-corrected chi connectivity index (χ1v) is 3.80. The molecule has 2 heterocycles. The van der Waals surface area contributed by atoms with Gasteiger partial charge in [-0.15, -0.1) is 0 Å². The molecule has 0 aromatic carbocycles. The summed E-state index contributed by atoms with van der Waals surface area (Å²) in [5.74, 6) is 0. The zero-order valence-electron chi connectivity index (χ0n) is 6.85. The van der Waals surface area contributed by atoms with Crippen LogP contribution in [0.3, 0.4) is 0 Å². The molecule has 1 aromatic heterocycles. The van der Waals surface area contributed by atoms with E-state index in [-0.39, 0.29) is 5.41 Å². The van der Waals surface area contributed by atoms with E-state index in [0.717, 1.165) is 18.0 Å². The fourth-order valence-corrected chi connectivity index (χ4v) is 1.49. The number of imidazole rings is 1. The van der Waals surface area contributed by atoms with Crippen LogP contribution in [0.2, 0.25) is 0 Å². The number of nitrogens with one attached hydrogen (secondary N) is 1. The molecule has 0 unspecified atom stereocenters. The second kappa shape index (κ2) is 2.08. The fourth-order valence-electron chi connectivity index (χ4n) is 1.49. The molecule has 0 atom stereocenters. The number of hydrogen-bond donors (Lipinski definition) is 1. The highest BCUT2D eigenvalue weighted by Gasteiger charge is 2.30. The van der Waals surface area contributed by atoms with Gasteiger partial charge in [-0.25, -0.2) is 4.98 Å². The molecule has 2 rings (SSSR count). The average molecular weight is 152 g/mol. The number of rotatable bonds is 0. The van der Waals surface area contributed by atoms with Crippen molar-refractivity contribution in [2.75, 3.05) is 6.61 Å². The van der Waals surface area contributed by atoms with E-state index in [4.69, 9.17) is 4.74 Å². The van der Waals surface area contributed by atoms with E-state index < -0.39 is 0 Å². The van der Waals surface area contributed by atoms with E-state index in [1.165, 1.54) is 0 Å². The van der Waals surface area contributed by atoms with Crippen molar-refractivity contribution in [3.63, 3.8) is 0 Å². The third-order valence-corrected chi connectivity index (χ3v) is 2.07. The van der Waals surface area contributed by atoms with E-state index in [2.05, 4.69) is 23.8 Å². The van der Waals surface area contributed by atoms with Crippen molar-refractivity contribution >= 4 is 0 Å². The van der Waals surface area contributed by atoms with Gasteiger partial charge in [0.05, 0.1) is 30.9 Å². The predicted octanol–water partition coefficient (Wildman–Crippen LogP) is 1.22. The van der Waals surface area contributed by atoms with Gasteiger partial charge in [0.15, 0.2) is 0 Å². The number of H-pyrrole nitrogens is 1. The van der Waals surface area contributed by atoms with Gasteiger partial charge < -0.3 is 9.72 Å². The summed E-state index contributed by atoms with van der Waals surface area (Å²) in [6.07, 6.45) is 1.74. The predicted molar refractivity (Wildman–Crippen MR) is 41.3 cm³/mol. The van der Waals surface area contributed by atoms with Crippen LogP contribution >= 0.6 is 0 Å². The Hall–Kier alpha value is -0.830. The van der Waals surface area contributed by atoms with Gasteiger partial charge in [0.2, 0.25) is 0 Å². The quantitative estimate of drug-likeness (QED) is 0.607. The average Bonchev–Trinajstić information content (AvgIpc) is 2.34. The smallest absolute Gasteiger partial charge is 0.0926 e. The summed E-state index contributed by atoms with van der Waals surface area (Å²) < 4.78 is 5.40. The fraction of sp³-hybridized carbons (Fsp3) is 0.625. The molecule has 1 N–H and O–H groups in total. The molecule has 1 aromatic rings. The van der Waals surface area contributed by atoms with Crippen molar-refractivity contribution in [2.24, 2.45) is 0 Å². The highest BCUT2D eigenvalue weighted by Crippen LogP contribution is 2.28. The molecule has 0 saturated carbocycles. The van der Waals surface area contributed by atoms with E-state index >= 15 is 0 Å². The Morgan fingerprint density at radius 3 is 3.18 bits per heavy atom. The lowest BCUT2D eigenvalue weighted by molar-refractivity contribution is 0.0605. The molecule has 1 aliphatic heterocycles. The molecule has 0 bridgehead atoms. The maximum atomic E-state index is 5.40. The van der Waals surface area contributed by atoms with Crippen LogP contribution in [-0.2, 0) is 16.8 Å². The maximum absolute atomic E-state index is 5.40. The van der Waals surface area contributed by atoms with Crippen LogP contribution in [0.1, 0.15) is 25.2 Å². The molecular formula is C8H12N2O. The zero-order valence-corrected chi connectivity index (χ0v) is 6.85. The zero-order chi connectivity index (χ0) is 7.90. The Morgan fingerprint density at radius 1 is 1.64 bits per heavy atom. The largest absolute Gasteiger partial charge is 0.374 e. The van der Waals surface area contributed by atoms with Gasteiger partial charge in [0.25, 0.3) is 0 Å². The Morgan fingerprint density at radius 2 is 2.45 bits per heavy atom. The van der Waals surface area contributed by atoms with Crippen molar-refractivity contribution in [1.82, 2.24) is 9.97 Å². The molecule has 0 fully saturated rings. The number of fused-ring (bicyclic) bond motifs is 1. The molecule has 0 spiro atoms. The topological polar surface area (TPSA) is 37.9 Å². The van der Waals surface area contributed by atoms with Crippen LogP contribution in [0.15, 0.2) is 6.33 Å². The standard InChI is InChI=1S/C8H12N2O/c1-8(2)4-11-3-6-7(8)10-5-9-6/h5H,3-4H2,1-2H3,(H,9,10). The van der Waals surface area contributed by atoms with Crippen molar-refractivity contribution in [3.8, 4) is 0 Å². The van der Waals surface area contributed by atoms with Crippen molar-refractivity contribution in [1.29, 1.82) is 0 Å². The molecule has 0 aliphatic carbocycles. The lowest BCUT2D eigenvalue weighted by Gasteiger charge is -2.27. The number of aromatic nitrogens is 2. The monoisotopic (exact) mass is 152 g/mol. The second-order valence-corrected chi connectivity index (χ2v) is 3.61. The van der Waals surface area contributed by atoms with Crippen molar-refractivity contribution in [2.45, 2.75) is 25.9 Å². The van der Waals surface area contributed by atoms with Crippen LogP contribution in [0, 0.1) is 0 Å². The molecule has 11 heavy (non-hydrogen) atoms.